The quantitative estimate of drug-likeness (QED) is 0.377. The highest BCUT2D eigenvalue weighted by molar-refractivity contribution is 6.33. The molecule has 11 nitrogen and oxygen atoms in total. The number of aromatic nitrogens is 2. The van der Waals surface area contributed by atoms with E-state index in [9.17, 15) is 18.8 Å². The van der Waals surface area contributed by atoms with Gasteiger partial charge in [0.1, 0.15) is 17.4 Å². The van der Waals surface area contributed by atoms with Crippen LogP contribution in [0.5, 0.6) is 0 Å². The number of benzene rings is 2. The van der Waals surface area contributed by atoms with E-state index in [1.54, 1.807) is 25.1 Å². The van der Waals surface area contributed by atoms with Gasteiger partial charge in [0.15, 0.2) is 5.82 Å². The van der Waals surface area contributed by atoms with Gasteiger partial charge in [-0.2, -0.15) is 4.98 Å². The Morgan fingerprint density at radius 1 is 1.22 bits per heavy atom. The number of nitrogens with one attached hydrogen (secondary N) is 4. The van der Waals surface area contributed by atoms with Gasteiger partial charge in [0.25, 0.3) is 5.91 Å². The SMILES string of the molecule is CCOC(=O)N1CC(=O)Nc2cc(Nc3ncc(Cl)c(Nc4c(F)cccc4C(=O)NC)n3)ccc2C1. The Labute approximate surface area is 216 Å². The van der Waals surface area contributed by atoms with Crippen LogP contribution in [0.3, 0.4) is 0 Å². The van der Waals surface area contributed by atoms with Crippen molar-refractivity contribution in [3.8, 4) is 0 Å². The molecule has 0 fully saturated rings. The van der Waals surface area contributed by atoms with E-state index in [1.165, 1.54) is 36.3 Å². The van der Waals surface area contributed by atoms with Gasteiger partial charge in [-0.1, -0.05) is 23.7 Å². The lowest BCUT2D eigenvalue weighted by Crippen LogP contribution is -2.35. The number of halogens is 2. The first-order valence-electron chi connectivity index (χ1n) is 11.2. The van der Waals surface area contributed by atoms with Crippen LogP contribution in [-0.4, -0.2) is 53.0 Å². The van der Waals surface area contributed by atoms with Crippen LogP contribution in [0.1, 0.15) is 22.8 Å². The molecule has 0 atom stereocenters. The summed E-state index contributed by atoms with van der Waals surface area (Å²) in [4.78, 5) is 46.4. The molecule has 0 unspecified atom stereocenters. The Morgan fingerprint density at radius 3 is 2.78 bits per heavy atom. The summed E-state index contributed by atoms with van der Waals surface area (Å²) in [6.07, 6.45) is 0.749. The molecular weight excluding hydrogens is 505 g/mol. The largest absolute Gasteiger partial charge is 0.450 e. The van der Waals surface area contributed by atoms with Gasteiger partial charge in [0.05, 0.1) is 30.6 Å². The van der Waals surface area contributed by atoms with Gasteiger partial charge in [-0.25, -0.2) is 14.2 Å². The number of para-hydroxylation sites is 1. The molecular formula is C24H23ClFN7O4. The first kappa shape index (κ1) is 25.6. The molecule has 0 bridgehead atoms. The van der Waals surface area contributed by atoms with Crippen molar-refractivity contribution in [3.05, 3.63) is 64.6 Å². The van der Waals surface area contributed by atoms with E-state index in [0.29, 0.717) is 16.9 Å². The standard InChI is InChI=1S/C24H23ClFN7O4/c1-3-37-24(36)33-11-13-7-8-14(9-18(13)30-19(34)12-33)29-23-28-10-16(25)21(32-23)31-20-15(22(35)27-2)5-4-6-17(20)26/h4-10H,3,11-12H2,1-2H3,(H,27,35)(H,30,34)(H2,28,29,31,32). The number of nitrogens with zero attached hydrogens (tertiary/aromatic N) is 3. The number of amides is 3. The Balaban J connectivity index is 1.57. The third-order valence-electron chi connectivity index (χ3n) is 5.33. The molecule has 0 spiro atoms. The summed E-state index contributed by atoms with van der Waals surface area (Å²) >= 11 is 6.23. The Kier molecular flexibility index (Phi) is 7.68. The summed E-state index contributed by atoms with van der Waals surface area (Å²) in [6, 6.07) is 9.24. The number of rotatable bonds is 6. The van der Waals surface area contributed by atoms with Gasteiger partial charge in [-0.15, -0.1) is 0 Å². The second-order valence-electron chi connectivity index (χ2n) is 7.86. The Morgan fingerprint density at radius 2 is 2.03 bits per heavy atom. The topological polar surface area (TPSA) is 138 Å². The molecule has 3 aromatic rings. The minimum absolute atomic E-state index is 0.0718. The van der Waals surface area contributed by atoms with E-state index in [2.05, 4.69) is 31.2 Å². The molecule has 4 N–H and O–H groups in total. The second kappa shape index (κ2) is 11.1. The van der Waals surface area contributed by atoms with E-state index < -0.39 is 17.8 Å². The molecule has 13 heteroatoms. The fraction of sp³-hybridized carbons (Fsp3) is 0.208. The van der Waals surface area contributed by atoms with Crippen molar-refractivity contribution in [2.24, 2.45) is 0 Å². The highest BCUT2D eigenvalue weighted by Crippen LogP contribution is 2.30. The maximum absolute atomic E-state index is 14.5. The molecule has 192 valence electrons. The van der Waals surface area contributed by atoms with E-state index in [4.69, 9.17) is 16.3 Å². The van der Waals surface area contributed by atoms with Crippen molar-refractivity contribution < 1.29 is 23.5 Å². The zero-order valence-electron chi connectivity index (χ0n) is 19.9. The average Bonchev–Trinajstić information content (AvgIpc) is 3.04. The molecule has 0 saturated carbocycles. The molecule has 0 saturated heterocycles. The van der Waals surface area contributed by atoms with Gasteiger partial charge < -0.3 is 26.0 Å². The average molecular weight is 528 g/mol. The molecule has 1 aliphatic heterocycles. The van der Waals surface area contributed by atoms with Crippen molar-refractivity contribution in [1.29, 1.82) is 0 Å². The third-order valence-corrected chi connectivity index (χ3v) is 5.61. The molecule has 1 aromatic heterocycles. The number of hydrogen-bond acceptors (Lipinski definition) is 8. The summed E-state index contributed by atoms with van der Waals surface area (Å²) in [5.74, 6) is -1.32. The van der Waals surface area contributed by atoms with Crippen LogP contribution in [0.4, 0.5) is 38.0 Å². The summed E-state index contributed by atoms with van der Waals surface area (Å²) in [6.45, 7) is 1.95. The van der Waals surface area contributed by atoms with Gasteiger partial charge in [-0.3, -0.25) is 14.5 Å². The van der Waals surface area contributed by atoms with Crippen LogP contribution in [0.15, 0.2) is 42.6 Å². The van der Waals surface area contributed by atoms with Gasteiger partial charge in [0, 0.05) is 18.4 Å². The lowest BCUT2D eigenvalue weighted by Gasteiger charge is -2.18. The molecule has 2 aromatic carbocycles. The second-order valence-corrected chi connectivity index (χ2v) is 8.26. The lowest BCUT2D eigenvalue weighted by molar-refractivity contribution is -0.117. The number of ether oxygens (including phenoxy) is 1. The summed E-state index contributed by atoms with van der Waals surface area (Å²) in [7, 11) is 1.44. The number of carbonyl (C=O) groups is 3. The Bertz CT molecular complexity index is 1370. The summed E-state index contributed by atoms with van der Waals surface area (Å²) in [5.41, 5.74) is 1.74. The molecule has 3 amide bonds. The number of anilines is 5. The first-order valence-corrected chi connectivity index (χ1v) is 11.6. The van der Waals surface area contributed by atoms with Crippen LogP contribution < -0.4 is 21.3 Å². The fourth-order valence-corrected chi connectivity index (χ4v) is 3.75. The predicted molar refractivity (Wildman–Crippen MR) is 136 cm³/mol. The minimum atomic E-state index is -0.663. The number of fused-ring (bicyclic) bond motifs is 1. The van der Waals surface area contributed by atoms with Crippen molar-refractivity contribution in [2.45, 2.75) is 13.5 Å². The first-order chi connectivity index (χ1) is 17.8. The zero-order chi connectivity index (χ0) is 26.5. The maximum Gasteiger partial charge on any atom is 0.410 e. The molecule has 1 aliphatic rings. The molecule has 37 heavy (non-hydrogen) atoms. The van der Waals surface area contributed by atoms with Gasteiger partial charge in [-0.05, 0) is 36.8 Å². The fourth-order valence-electron chi connectivity index (χ4n) is 3.61. The Hall–Kier alpha value is -4.45. The molecule has 0 radical (unpaired) electrons. The molecule has 2 heterocycles. The van der Waals surface area contributed by atoms with E-state index in [1.807, 2.05) is 0 Å². The van der Waals surface area contributed by atoms with Crippen LogP contribution in [-0.2, 0) is 16.1 Å². The van der Waals surface area contributed by atoms with Crippen molar-refractivity contribution in [2.75, 3.05) is 36.1 Å². The van der Waals surface area contributed by atoms with Gasteiger partial charge in [0.2, 0.25) is 11.9 Å². The smallest absolute Gasteiger partial charge is 0.410 e. The van der Waals surface area contributed by atoms with Crippen molar-refractivity contribution in [3.63, 3.8) is 0 Å². The minimum Gasteiger partial charge on any atom is -0.450 e. The van der Waals surface area contributed by atoms with Crippen LogP contribution in [0, 0.1) is 5.82 Å². The van der Waals surface area contributed by atoms with E-state index in [-0.39, 0.29) is 53.6 Å². The van der Waals surface area contributed by atoms with Crippen molar-refractivity contribution in [1.82, 2.24) is 20.2 Å². The summed E-state index contributed by atoms with van der Waals surface area (Å²) < 4.78 is 19.6. The van der Waals surface area contributed by atoms with Crippen LogP contribution in [0.25, 0.3) is 0 Å². The van der Waals surface area contributed by atoms with Gasteiger partial charge >= 0.3 is 6.09 Å². The zero-order valence-corrected chi connectivity index (χ0v) is 20.6. The number of hydrogen-bond donors (Lipinski definition) is 4. The predicted octanol–water partition coefficient (Wildman–Crippen LogP) is 4.03. The normalized spacial score (nSPS) is 12.6. The maximum atomic E-state index is 14.5. The molecule has 4 rings (SSSR count). The highest BCUT2D eigenvalue weighted by Gasteiger charge is 2.24. The lowest BCUT2D eigenvalue weighted by atomic mass is 10.1. The number of carbonyl (C=O) groups excluding carboxylic acids is 3. The monoisotopic (exact) mass is 527 g/mol. The van der Waals surface area contributed by atoms with E-state index in [0.717, 1.165) is 0 Å². The van der Waals surface area contributed by atoms with Crippen LogP contribution >= 0.6 is 11.6 Å². The third kappa shape index (κ3) is 5.86. The van der Waals surface area contributed by atoms with Crippen LogP contribution in [0.2, 0.25) is 5.02 Å². The molecule has 0 aliphatic carbocycles. The van der Waals surface area contributed by atoms with Crippen molar-refractivity contribution >= 4 is 58.3 Å². The summed E-state index contributed by atoms with van der Waals surface area (Å²) in [5, 5.41) is 11.1. The highest BCUT2D eigenvalue weighted by atomic mass is 35.5. The van der Waals surface area contributed by atoms with E-state index >= 15 is 0 Å².